The van der Waals surface area contributed by atoms with Crippen molar-refractivity contribution in [3.8, 4) is 5.75 Å². The molecule has 0 spiro atoms. The molecule has 4 rings (SSSR count). The predicted octanol–water partition coefficient (Wildman–Crippen LogP) is 3.72. The molecule has 146 valence electrons. The molecule has 0 fully saturated rings. The third-order valence-electron chi connectivity index (χ3n) is 5.44. The number of aliphatic imine (C=N–C) groups is 1. The molecule has 0 saturated heterocycles. The fraction of sp³-hybridized carbons (Fsp3) is 0.333. The molecular formula is C21H21BrFN3O2. The highest BCUT2D eigenvalue weighted by Crippen LogP contribution is 2.43. The number of halogens is 2. The maximum absolute atomic E-state index is 13.8. The second-order valence-corrected chi connectivity index (χ2v) is 8.71. The molecule has 7 heteroatoms. The number of nitrogens with two attached hydrogens (primary N) is 1. The van der Waals surface area contributed by atoms with Crippen molar-refractivity contribution in [2.24, 2.45) is 10.7 Å². The summed E-state index contributed by atoms with van der Waals surface area (Å²) >= 11 is 3.21. The van der Waals surface area contributed by atoms with E-state index in [0.717, 1.165) is 24.2 Å². The second kappa shape index (κ2) is 6.30. The van der Waals surface area contributed by atoms with Gasteiger partial charge in [-0.15, -0.1) is 0 Å². The van der Waals surface area contributed by atoms with Crippen LogP contribution in [0.25, 0.3) is 0 Å². The van der Waals surface area contributed by atoms with Crippen molar-refractivity contribution >= 4 is 27.8 Å². The predicted molar refractivity (Wildman–Crippen MR) is 109 cm³/mol. The van der Waals surface area contributed by atoms with Gasteiger partial charge in [-0.3, -0.25) is 9.69 Å². The number of fused-ring (bicyclic) bond motifs is 1. The van der Waals surface area contributed by atoms with E-state index in [1.807, 2.05) is 18.2 Å². The molecule has 2 aromatic rings. The summed E-state index contributed by atoms with van der Waals surface area (Å²) in [6.07, 6.45) is 1.71. The number of ether oxygens (including phenoxy) is 1. The monoisotopic (exact) mass is 445 g/mol. The van der Waals surface area contributed by atoms with Crippen molar-refractivity contribution in [2.75, 3.05) is 7.05 Å². The van der Waals surface area contributed by atoms with Gasteiger partial charge in [0.25, 0.3) is 5.91 Å². The normalized spacial score (nSPS) is 23.2. The van der Waals surface area contributed by atoms with E-state index in [1.54, 1.807) is 19.2 Å². The summed E-state index contributed by atoms with van der Waals surface area (Å²) in [5.74, 6) is 0.253. The standard InChI is InChI=1S/C21H21BrFN3O2/c1-20(2)9-8-12-10-13(5-7-17(12)28-20)21(18(27)26(3)19(24)25-21)14-4-6-16(23)15(22)11-14/h4-7,10-11H,8-9H2,1-3H3,(H2,24,25). The molecule has 0 saturated carbocycles. The molecule has 0 aliphatic carbocycles. The van der Waals surface area contributed by atoms with Crippen molar-refractivity contribution in [1.29, 1.82) is 0 Å². The number of aryl methyl sites for hydroxylation is 1. The summed E-state index contributed by atoms with van der Waals surface area (Å²) in [4.78, 5) is 19.2. The van der Waals surface area contributed by atoms with Crippen molar-refractivity contribution in [2.45, 2.75) is 37.8 Å². The Labute approximate surface area is 171 Å². The number of carbonyl (C=O) groups excluding carboxylic acids is 1. The van der Waals surface area contributed by atoms with Gasteiger partial charge in [0.2, 0.25) is 0 Å². The van der Waals surface area contributed by atoms with Gasteiger partial charge >= 0.3 is 0 Å². The van der Waals surface area contributed by atoms with Crippen LogP contribution in [0.4, 0.5) is 4.39 Å². The topological polar surface area (TPSA) is 67.9 Å². The van der Waals surface area contributed by atoms with Gasteiger partial charge in [0, 0.05) is 7.05 Å². The van der Waals surface area contributed by atoms with Gasteiger partial charge in [0.1, 0.15) is 17.2 Å². The van der Waals surface area contributed by atoms with Gasteiger partial charge in [0.15, 0.2) is 11.5 Å². The Morgan fingerprint density at radius 3 is 2.54 bits per heavy atom. The largest absolute Gasteiger partial charge is 0.488 e. The first kappa shape index (κ1) is 18.9. The van der Waals surface area contributed by atoms with E-state index in [4.69, 9.17) is 10.5 Å². The molecule has 1 unspecified atom stereocenters. The maximum atomic E-state index is 13.8. The molecule has 2 N–H and O–H groups in total. The first-order valence-corrected chi connectivity index (χ1v) is 9.85. The minimum Gasteiger partial charge on any atom is -0.488 e. The summed E-state index contributed by atoms with van der Waals surface area (Å²) in [6, 6.07) is 10.2. The number of guanidine groups is 1. The molecule has 2 aliphatic rings. The van der Waals surface area contributed by atoms with Crippen LogP contribution in [0.2, 0.25) is 0 Å². The number of nitrogens with zero attached hydrogens (tertiary/aromatic N) is 2. The van der Waals surface area contributed by atoms with Crippen LogP contribution in [0.5, 0.6) is 5.75 Å². The molecule has 2 aliphatic heterocycles. The molecule has 0 aromatic heterocycles. The molecule has 2 aromatic carbocycles. The lowest BCUT2D eigenvalue weighted by Crippen LogP contribution is -2.41. The molecule has 0 radical (unpaired) electrons. The summed E-state index contributed by atoms with van der Waals surface area (Å²) in [5, 5.41) is 0. The quantitative estimate of drug-likeness (QED) is 0.765. The Morgan fingerprint density at radius 2 is 1.89 bits per heavy atom. The number of amides is 1. The van der Waals surface area contributed by atoms with Crippen LogP contribution in [0, 0.1) is 5.82 Å². The number of carbonyl (C=O) groups is 1. The third kappa shape index (κ3) is 2.80. The van der Waals surface area contributed by atoms with E-state index in [0.29, 0.717) is 11.1 Å². The van der Waals surface area contributed by atoms with E-state index in [2.05, 4.69) is 34.8 Å². The Hall–Kier alpha value is -2.41. The first-order chi connectivity index (χ1) is 13.1. The van der Waals surface area contributed by atoms with Crippen molar-refractivity contribution in [3.63, 3.8) is 0 Å². The zero-order valence-corrected chi connectivity index (χ0v) is 17.5. The minimum atomic E-state index is -1.35. The zero-order chi connectivity index (χ0) is 20.3. The number of hydrogen-bond acceptors (Lipinski definition) is 4. The fourth-order valence-electron chi connectivity index (χ4n) is 3.79. The number of hydrogen-bond donors (Lipinski definition) is 1. The van der Waals surface area contributed by atoms with E-state index in [9.17, 15) is 9.18 Å². The molecule has 28 heavy (non-hydrogen) atoms. The van der Waals surface area contributed by atoms with Crippen LogP contribution in [-0.4, -0.2) is 29.4 Å². The summed E-state index contributed by atoms with van der Waals surface area (Å²) < 4.78 is 20.2. The highest BCUT2D eigenvalue weighted by atomic mass is 79.9. The lowest BCUT2D eigenvalue weighted by atomic mass is 9.81. The van der Waals surface area contributed by atoms with Crippen LogP contribution in [0.3, 0.4) is 0 Å². The number of likely N-dealkylation sites (N-methyl/N-ethyl adjacent to an activating group) is 1. The molecule has 5 nitrogen and oxygen atoms in total. The highest BCUT2D eigenvalue weighted by molar-refractivity contribution is 9.10. The van der Waals surface area contributed by atoms with Gasteiger partial charge in [-0.25, -0.2) is 9.38 Å². The summed E-state index contributed by atoms with van der Waals surface area (Å²) in [5.41, 5.74) is 6.69. The van der Waals surface area contributed by atoms with Gasteiger partial charge in [-0.2, -0.15) is 0 Å². The average Bonchev–Trinajstić information content (AvgIpc) is 2.88. The van der Waals surface area contributed by atoms with Crippen LogP contribution in [0.1, 0.15) is 37.0 Å². The Balaban J connectivity index is 1.91. The van der Waals surface area contributed by atoms with Gasteiger partial charge in [0.05, 0.1) is 4.47 Å². The van der Waals surface area contributed by atoms with Crippen LogP contribution in [-0.2, 0) is 16.8 Å². The highest BCUT2D eigenvalue weighted by Gasteiger charge is 2.50. The SMILES string of the molecule is CN1C(=O)C(c2ccc(F)c(Br)c2)(c2ccc3c(c2)CCC(C)(C)O3)N=C1N. The average molecular weight is 446 g/mol. The molecule has 0 bridgehead atoms. The van der Waals surface area contributed by atoms with E-state index >= 15 is 0 Å². The number of rotatable bonds is 2. The van der Waals surface area contributed by atoms with Crippen molar-refractivity contribution < 1.29 is 13.9 Å². The van der Waals surface area contributed by atoms with Crippen LogP contribution in [0.15, 0.2) is 45.9 Å². The number of benzene rings is 2. The second-order valence-electron chi connectivity index (χ2n) is 7.86. The van der Waals surface area contributed by atoms with Crippen LogP contribution >= 0.6 is 15.9 Å². The van der Waals surface area contributed by atoms with E-state index in [1.165, 1.54) is 11.0 Å². The van der Waals surface area contributed by atoms with E-state index < -0.39 is 11.4 Å². The maximum Gasteiger partial charge on any atom is 0.266 e. The van der Waals surface area contributed by atoms with E-state index in [-0.39, 0.29) is 21.9 Å². The smallest absolute Gasteiger partial charge is 0.266 e. The van der Waals surface area contributed by atoms with Crippen molar-refractivity contribution in [1.82, 2.24) is 4.90 Å². The Bertz CT molecular complexity index is 1020. The lowest BCUT2D eigenvalue weighted by molar-refractivity contribution is -0.129. The fourth-order valence-corrected chi connectivity index (χ4v) is 4.17. The lowest BCUT2D eigenvalue weighted by Gasteiger charge is -2.34. The summed E-state index contributed by atoms with van der Waals surface area (Å²) in [7, 11) is 1.59. The Kier molecular flexibility index (Phi) is 4.26. The van der Waals surface area contributed by atoms with Gasteiger partial charge in [-0.1, -0.05) is 12.1 Å². The third-order valence-corrected chi connectivity index (χ3v) is 6.05. The minimum absolute atomic E-state index is 0.126. The van der Waals surface area contributed by atoms with Gasteiger partial charge in [-0.05, 0) is 83.6 Å². The molecule has 1 amide bonds. The molecule has 1 atom stereocenters. The summed E-state index contributed by atoms with van der Waals surface area (Å²) in [6.45, 7) is 4.11. The van der Waals surface area contributed by atoms with Crippen molar-refractivity contribution in [3.05, 3.63) is 63.4 Å². The van der Waals surface area contributed by atoms with Gasteiger partial charge < -0.3 is 10.5 Å². The molecule has 2 heterocycles. The van der Waals surface area contributed by atoms with Crippen LogP contribution < -0.4 is 10.5 Å². The Morgan fingerprint density at radius 1 is 1.21 bits per heavy atom. The zero-order valence-electron chi connectivity index (χ0n) is 15.9. The molecular weight excluding hydrogens is 425 g/mol. The first-order valence-electron chi connectivity index (χ1n) is 9.05.